The summed E-state index contributed by atoms with van der Waals surface area (Å²) in [5, 5.41) is 2.96. The Morgan fingerprint density at radius 2 is 2.07 bits per heavy atom. The number of unbranched alkanes of at least 4 members (excludes halogenated alkanes) is 1. The lowest BCUT2D eigenvalue weighted by molar-refractivity contribution is -0.144. The number of likely N-dealkylation sites (N-methyl/N-ethyl adjacent to an activating group) is 1. The molecule has 90 valence electrons. The molecule has 0 bridgehead atoms. The van der Waals surface area contributed by atoms with E-state index in [1.165, 1.54) is 19.3 Å². The minimum absolute atomic E-state index is 0.133. The highest BCUT2D eigenvalue weighted by Crippen LogP contribution is 2.12. The van der Waals surface area contributed by atoms with Gasteiger partial charge in [-0.1, -0.05) is 40.0 Å². The first kappa shape index (κ1) is 14.4. The molecule has 0 saturated heterocycles. The Balaban J connectivity index is 3.55. The van der Waals surface area contributed by atoms with Crippen molar-refractivity contribution < 1.29 is 9.53 Å². The van der Waals surface area contributed by atoms with Gasteiger partial charge in [-0.15, -0.1) is 0 Å². The van der Waals surface area contributed by atoms with Crippen LogP contribution < -0.4 is 5.32 Å². The van der Waals surface area contributed by atoms with Gasteiger partial charge in [-0.2, -0.15) is 0 Å². The fourth-order valence-corrected chi connectivity index (χ4v) is 1.39. The molecule has 3 nitrogen and oxygen atoms in total. The summed E-state index contributed by atoms with van der Waals surface area (Å²) in [6.45, 7) is 8.04. The van der Waals surface area contributed by atoms with Gasteiger partial charge in [-0.25, -0.2) is 0 Å². The van der Waals surface area contributed by atoms with Crippen molar-refractivity contribution in [3.8, 4) is 0 Å². The molecule has 0 aromatic rings. The van der Waals surface area contributed by atoms with Crippen molar-refractivity contribution in [3.63, 3.8) is 0 Å². The molecule has 0 spiro atoms. The predicted molar refractivity (Wildman–Crippen MR) is 62.8 cm³/mol. The third kappa shape index (κ3) is 8.43. The molecule has 0 fully saturated rings. The average Bonchev–Trinajstić information content (AvgIpc) is 2.26. The second-order valence-corrected chi connectivity index (χ2v) is 3.88. The van der Waals surface area contributed by atoms with Gasteiger partial charge in [0.25, 0.3) is 0 Å². The topological polar surface area (TPSA) is 38.3 Å². The highest BCUT2D eigenvalue weighted by Gasteiger charge is 2.09. The van der Waals surface area contributed by atoms with Crippen LogP contribution in [0.2, 0.25) is 0 Å². The van der Waals surface area contributed by atoms with Crippen molar-refractivity contribution in [1.29, 1.82) is 0 Å². The Morgan fingerprint density at radius 1 is 1.33 bits per heavy atom. The molecular weight excluding hydrogens is 190 g/mol. The lowest BCUT2D eigenvalue weighted by Gasteiger charge is -2.14. The number of carbonyl (C=O) groups is 1. The van der Waals surface area contributed by atoms with E-state index in [1.54, 1.807) is 0 Å². The van der Waals surface area contributed by atoms with Gasteiger partial charge in [0.15, 0.2) is 0 Å². The summed E-state index contributed by atoms with van der Waals surface area (Å²) in [5.74, 6) is 0.405. The first-order chi connectivity index (χ1) is 7.24. The Bertz CT molecular complexity index is 160. The summed E-state index contributed by atoms with van der Waals surface area (Å²) in [6, 6.07) is 0. The molecule has 1 atom stereocenters. The minimum atomic E-state index is -0.133. The van der Waals surface area contributed by atoms with E-state index in [1.807, 2.05) is 6.92 Å². The van der Waals surface area contributed by atoms with Crippen molar-refractivity contribution in [2.24, 2.45) is 5.92 Å². The van der Waals surface area contributed by atoms with Gasteiger partial charge in [0.05, 0.1) is 13.2 Å². The summed E-state index contributed by atoms with van der Waals surface area (Å²) >= 11 is 0. The molecule has 0 aliphatic carbocycles. The first-order valence-corrected chi connectivity index (χ1v) is 6.10. The fourth-order valence-electron chi connectivity index (χ4n) is 1.39. The maximum absolute atomic E-state index is 11.2. The van der Waals surface area contributed by atoms with Crippen LogP contribution in [0.5, 0.6) is 0 Å². The predicted octanol–water partition coefficient (Wildman–Crippen LogP) is 2.36. The molecule has 1 unspecified atom stereocenters. The minimum Gasteiger partial charge on any atom is -0.464 e. The van der Waals surface area contributed by atoms with Gasteiger partial charge >= 0.3 is 5.97 Å². The van der Waals surface area contributed by atoms with Crippen LogP contribution >= 0.6 is 0 Å². The molecule has 15 heavy (non-hydrogen) atoms. The molecule has 3 heteroatoms. The highest BCUT2D eigenvalue weighted by molar-refractivity contribution is 5.71. The molecular formula is C12H25NO2. The zero-order chi connectivity index (χ0) is 11.5. The monoisotopic (exact) mass is 215 g/mol. The van der Waals surface area contributed by atoms with E-state index < -0.39 is 0 Å². The summed E-state index contributed by atoms with van der Waals surface area (Å²) in [4.78, 5) is 11.2. The molecule has 0 heterocycles. The lowest BCUT2D eigenvalue weighted by Crippen LogP contribution is -2.26. The van der Waals surface area contributed by atoms with Gasteiger partial charge in [0.1, 0.15) is 0 Å². The van der Waals surface area contributed by atoms with E-state index in [9.17, 15) is 4.79 Å². The second-order valence-electron chi connectivity index (χ2n) is 3.88. The molecule has 0 saturated carbocycles. The maximum Gasteiger partial charge on any atom is 0.319 e. The number of esters is 1. The van der Waals surface area contributed by atoms with Crippen LogP contribution in [0.4, 0.5) is 0 Å². The van der Waals surface area contributed by atoms with E-state index in [-0.39, 0.29) is 5.97 Å². The Morgan fingerprint density at radius 3 is 2.60 bits per heavy atom. The van der Waals surface area contributed by atoms with Crippen LogP contribution in [0.3, 0.4) is 0 Å². The van der Waals surface area contributed by atoms with Crippen LogP contribution in [0.25, 0.3) is 0 Å². The summed E-state index contributed by atoms with van der Waals surface area (Å²) in [5.41, 5.74) is 0. The third-order valence-corrected chi connectivity index (χ3v) is 2.54. The second kappa shape index (κ2) is 9.97. The average molecular weight is 215 g/mol. The van der Waals surface area contributed by atoms with Crippen molar-refractivity contribution in [1.82, 2.24) is 5.32 Å². The van der Waals surface area contributed by atoms with Gasteiger partial charge in [0, 0.05) is 0 Å². The number of carbonyl (C=O) groups excluding carboxylic acids is 1. The van der Waals surface area contributed by atoms with Gasteiger partial charge in [-0.05, 0) is 18.9 Å². The quantitative estimate of drug-likeness (QED) is 0.600. The van der Waals surface area contributed by atoms with Crippen molar-refractivity contribution >= 4 is 5.97 Å². The van der Waals surface area contributed by atoms with Gasteiger partial charge < -0.3 is 10.1 Å². The number of rotatable bonds is 9. The van der Waals surface area contributed by atoms with E-state index in [0.717, 1.165) is 13.0 Å². The zero-order valence-corrected chi connectivity index (χ0v) is 10.3. The summed E-state index contributed by atoms with van der Waals surface area (Å²) in [7, 11) is 0. The van der Waals surface area contributed by atoms with Crippen LogP contribution in [0.1, 0.15) is 46.5 Å². The molecule has 0 aliphatic rings. The Kier molecular flexibility index (Phi) is 9.59. The molecule has 0 aliphatic heterocycles. The molecule has 0 aromatic heterocycles. The number of hydrogen-bond donors (Lipinski definition) is 1. The zero-order valence-electron chi connectivity index (χ0n) is 10.3. The van der Waals surface area contributed by atoms with E-state index in [4.69, 9.17) is 4.74 Å². The Hall–Kier alpha value is -0.570. The molecule has 0 radical (unpaired) electrons. The molecule has 0 amide bonds. The van der Waals surface area contributed by atoms with Crippen LogP contribution in [0, 0.1) is 5.92 Å². The standard InChI is InChI=1S/C12H25NO2/c1-4-7-8-11(5-2)10-15-12(14)9-13-6-3/h11,13H,4-10H2,1-3H3. The lowest BCUT2D eigenvalue weighted by atomic mass is 10.0. The van der Waals surface area contributed by atoms with E-state index in [2.05, 4.69) is 19.2 Å². The van der Waals surface area contributed by atoms with E-state index >= 15 is 0 Å². The van der Waals surface area contributed by atoms with Crippen LogP contribution in [-0.2, 0) is 9.53 Å². The van der Waals surface area contributed by atoms with Crippen molar-refractivity contribution in [2.75, 3.05) is 19.7 Å². The van der Waals surface area contributed by atoms with Crippen LogP contribution in [-0.4, -0.2) is 25.7 Å². The fraction of sp³-hybridized carbons (Fsp3) is 0.917. The van der Waals surface area contributed by atoms with Gasteiger partial charge in [-0.3, -0.25) is 4.79 Å². The highest BCUT2D eigenvalue weighted by atomic mass is 16.5. The number of ether oxygens (including phenoxy) is 1. The summed E-state index contributed by atoms with van der Waals surface area (Å²) < 4.78 is 5.19. The summed E-state index contributed by atoms with van der Waals surface area (Å²) in [6.07, 6.45) is 4.70. The van der Waals surface area contributed by atoms with Crippen molar-refractivity contribution in [3.05, 3.63) is 0 Å². The molecule has 0 aromatic carbocycles. The number of hydrogen-bond acceptors (Lipinski definition) is 3. The largest absolute Gasteiger partial charge is 0.464 e. The SMILES string of the molecule is CCCCC(CC)COC(=O)CNCC. The maximum atomic E-state index is 11.2. The Labute approximate surface area is 93.6 Å². The first-order valence-electron chi connectivity index (χ1n) is 6.10. The molecule has 0 rings (SSSR count). The van der Waals surface area contributed by atoms with Gasteiger partial charge in [0.2, 0.25) is 0 Å². The van der Waals surface area contributed by atoms with Crippen LogP contribution in [0.15, 0.2) is 0 Å². The third-order valence-electron chi connectivity index (χ3n) is 2.54. The smallest absolute Gasteiger partial charge is 0.319 e. The van der Waals surface area contributed by atoms with Crippen molar-refractivity contribution in [2.45, 2.75) is 46.5 Å². The van der Waals surface area contributed by atoms with E-state index in [0.29, 0.717) is 19.1 Å². The number of nitrogens with one attached hydrogen (secondary N) is 1. The molecule has 1 N–H and O–H groups in total. The normalized spacial score (nSPS) is 12.5.